The normalized spacial score (nSPS) is 14.8. The Kier molecular flexibility index (Phi) is 2.68. The van der Waals surface area contributed by atoms with Crippen LogP contribution < -0.4 is 15.6 Å². The minimum Gasteiger partial charge on any atom is -0.321 e. The Balaban J connectivity index is 2.25. The molecule has 5 heteroatoms. The summed E-state index contributed by atoms with van der Waals surface area (Å²) in [5, 5.41) is 2.58. The Morgan fingerprint density at radius 2 is 2.05 bits per heavy atom. The van der Waals surface area contributed by atoms with Crippen LogP contribution in [0.25, 0.3) is 5.52 Å². The van der Waals surface area contributed by atoms with Crippen molar-refractivity contribution in [3.8, 4) is 0 Å². The van der Waals surface area contributed by atoms with Crippen molar-refractivity contribution >= 4 is 17.2 Å². The molecule has 0 spiro atoms. The average Bonchev–Trinajstić information content (AvgIpc) is 2.43. The van der Waals surface area contributed by atoms with Crippen LogP contribution in [0.15, 0.2) is 59.9 Å². The zero-order valence-corrected chi connectivity index (χ0v) is 11.0. The average molecular weight is 267 g/mol. The van der Waals surface area contributed by atoms with Crippen molar-refractivity contribution < 1.29 is 4.79 Å². The highest BCUT2D eigenvalue weighted by atomic mass is 16.2. The first-order chi connectivity index (χ1) is 9.58. The summed E-state index contributed by atoms with van der Waals surface area (Å²) in [7, 11) is 0. The van der Waals surface area contributed by atoms with Crippen LogP contribution in [0.5, 0.6) is 0 Å². The smallest absolute Gasteiger partial charge is 0.321 e. The first kappa shape index (κ1) is 12.2. The number of carbonyl (C=O) groups excluding carboxylic acids is 1. The number of rotatable bonds is 1. The highest BCUT2D eigenvalue weighted by Gasteiger charge is 2.21. The maximum atomic E-state index is 12.4. The van der Waals surface area contributed by atoms with Crippen molar-refractivity contribution in [2.24, 2.45) is 0 Å². The highest BCUT2D eigenvalue weighted by molar-refractivity contribution is 5.96. The van der Waals surface area contributed by atoms with Gasteiger partial charge in [0.25, 0.3) is 0 Å². The van der Waals surface area contributed by atoms with Crippen molar-refractivity contribution in [2.75, 3.05) is 4.90 Å². The van der Waals surface area contributed by atoms with E-state index in [1.807, 2.05) is 28.8 Å². The lowest BCUT2D eigenvalue weighted by Crippen LogP contribution is -2.41. The molecule has 20 heavy (non-hydrogen) atoms. The van der Waals surface area contributed by atoms with E-state index in [4.69, 9.17) is 0 Å². The summed E-state index contributed by atoms with van der Waals surface area (Å²) in [6.07, 6.45) is 6.70. The minimum atomic E-state index is -0.384. The van der Waals surface area contributed by atoms with Crippen LogP contribution in [0.2, 0.25) is 0 Å². The molecule has 0 saturated carbocycles. The van der Waals surface area contributed by atoms with E-state index in [-0.39, 0.29) is 11.5 Å². The number of hydrogen-bond acceptors (Lipinski definition) is 2. The number of aryl methyl sites for hydroxylation is 1. The quantitative estimate of drug-likeness (QED) is 0.860. The number of pyridine rings is 2. The molecule has 0 fully saturated rings. The predicted octanol–water partition coefficient (Wildman–Crippen LogP) is 2.16. The van der Waals surface area contributed by atoms with Crippen LogP contribution >= 0.6 is 0 Å². The maximum absolute atomic E-state index is 12.4. The van der Waals surface area contributed by atoms with E-state index in [9.17, 15) is 9.59 Å². The number of fused-ring (bicyclic) bond motifs is 1. The molecule has 0 aromatic carbocycles. The van der Waals surface area contributed by atoms with Crippen LogP contribution in [-0.2, 0) is 0 Å². The summed E-state index contributed by atoms with van der Waals surface area (Å²) in [6, 6.07) is 5.23. The van der Waals surface area contributed by atoms with Gasteiger partial charge >= 0.3 is 6.03 Å². The van der Waals surface area contributed by atoms with E-state index in [0.29, 0.717) is 16.9 Å². The summed E-state index contributed by atoms with van der Waals surface area (Å²) in [5.41, 5.74) is 2.08. The second kappa shape index (κ2) is 4.38. The molecule has 2 amide bonds. The Hall–Kier alpha value is -2.82. The van der Waals surface area contributed by atoms with Gasteiger partial charge < -0.3 is 9.72 Å². The molecule has 5 nitrogen and oxygen atoms in total. The molecular weight excluding hydrogens is 254 g/mol. The molecule has 2 aromatic rings. The van der Waals surface area contributed by atoms with E-state index < -0.39 is 0 Å². The van der Waals surface area contributed by atoms with E-state index in [2.05, 4.69) is 11.9 Å². The Morgan fingerprint density at radius 3 is 2.80 bits per heavy atom. The molecule has 0 atom stereocenters. The number of aromatic nitrogens is 1. The molecule has 0 aliphatic carbocycles. The topological polar surface area (TPSA) is 53.8 Å². The van der Waals surface area contributed by atoms with Crippen molar-refractivity contribution in [3.05, 3.63) is 70.9 Å². The largest absolute Gasteiger partial charge is 0.330 e. The van der Waals surface area contributed by atoms with Gasteiger partial charge in [0.1, 0.15) is 5.69 Å². The third-order valence-corrected chi connectivity index (χ3v) is 3.28. The lowest BCUT2D eigenvalue weighted by atomic mass is 10.2. The van der Waals surface area contributed by atoms with Gasteiger partial charge in [-0.25, -0.2) is 4.79 Å². The fourth-order valence-corrected chi connectivity index (χ4v) is 2.22. The summed E-state index contributed by atoms with van der Waals surface area (Å²) in [5.74, 6) is 0. The number of allylic oxidation sites excluding steroid dienone is 1. The van der Waals surface area contributed by atoms with Crippen molar-refractivity contribution in [1.29, 1.82) is 0 Å². The number of urea groups is 1. The third-order valence-electron chi connectivity index (χ3n) is 3.28. The monoisotopic (exact) mass is 267 g/mol. The van der Waals surface area contributed by atoms with Gasteiger partial charge in [0, 0.05) is 29.9 Å². The first-order valence-electron chi connectivity index (χ1n) is 6.16. The fourth-order valence-electron chi connectivity index (χ4n) is 2.22. The Labute approximate surface area is 115 Å². The Morgan fingerprint density at radius 1 is 1.25 bits per heavy atom. The van der Waals surface area contributed by atoms with Gasteiger partial charge in [0.2, 0.25) is 5.43 Å². The highest BCUT2D eigenvalue weighted by Crippen LogP contribution is 2.17. The zero-order valence-electron chi connectivity index (χ0n) is 11.0. The van der Waals surface area contributed by atoms with Crippen LogP contribution in [-0.4, -0.2) is 10.4 Å². The van der Waals surface area contributed by atoms with Crippen molar-refractivity contribution in [1.82, 2.24) is 9.72 Å². The van der Waals surface area contributed by atoms with E-state index in [1.165, 1.54) is 4.90 Å². The van der Waals surface area contributed by atoms with Crippen LogP contribution in [0.3, 0.4) is 0 Å². The summed E-state index contributed by atoms with van der Waals surface area (Å²) >= 11 is 0. The third kappa shape index (κ3) is 1.80. The lowest BCUT2D eigenvalue weighted by molar-refractivity contribution is 0.250. The molecular formula is C15H13N3O2. The van der Waals surface area contributed by atoms with Crippen LogP contribution in [0.4, 0.5) is 10.5 Å². The number of carbonyl (C=O) groups is 1. The number of amides is 2. The van der Waals surface area contributed by atoms with Crippen LogP contribution in [0.1, 0.15) is 5.56 Å². The molecule has 0 bridgehead atoms. The van der Waals surface area contributed by atoms with Crippen molar-refractivity contribution in [2.45, 2.75) is 6.92 Å². The Bertz CT molecular complexity index is 817. The SMILES string of the molecule is C=C1C=CN(c2cn3ccccc3c(C)c2=O)C(=O)N1. The summed E-state index contributed by atoms with van der Waals surface area (Å²) in [4.78, 5) is 25.7. The number of nitrogens with one attached hydrogen (secondary N) is 1. The second-order valence-corrected chi connectivity index (χ2v) is 4.60. The van der Waals surface area contributed by atoms with E-state index in [1.54, 1.807) is 25.4 Å². The second-order valence-electron chi connectivity index (χ2n) is 4.60. The summed E-state index contributed by atoms with van der Waals surface area (Å²) < 4.78 is 1.83. The summed E-state index contributed by atoms with van der Waals surface area (Å²) in [6.45, 7) is 5.41. The van der Waals surface area contributed by atoms with Gasteiger partial charge in [0.05, 0.1) is 5.52 Å². The number of anilines is 1. The zero-order chi connectivity index (χ0) is 14.3. The fraction of sp³-hybridized carbons (Fsp3) is 0.0667. The molecule has 100 valence electrons. The van der Waals surface area contributed by atoms with Crippen LogP contribution in [0, 0.1) is 6.92 Å². The first-order valence-corrected chi connectivity index (χ1v) is 6.16. The van der Waals surface area contributed by atoms with Gasteiger partial charge in [-0.15, -0.1) is 0 Å². The molecule has 1 aliphatic rings. The van der Waals surface area contributed by atoms with Crippen molar-refractivity contribution in [3.63, 3.8) is 0 Å². The minimum absolute atomic E-state index is 0.163. The van der Waals surface area contributed by atoms with E-state index >= 15 is 0 Å². The molecule has 0 saturated heterocycles. The molecule has 3 rings (SSSR count). The van der Waals surface area contributed by atoms with Gasteiger partial charge in [-0.3, -0.25) is 9.69 Å². The molecule has 3 heterocycles. The van der Waals surface area contributed by atoms with Gasteiger partial charge in [-0.2, -0.15) is 0 Å². The van der Waals surface area contributed by atoms with E-state index in [0.717, 1.165) is 5.52 Å². The molecule has 1 aliphatic heterocycles. The number of hydrogen-bond donors (Lipinski definition) is 1. The molecule has 2 aromatic heterocycles. The maximum Gasteiger partial charge on any atom is 0.330 e. The molecule has 0 radical (unpaired) electrons. The molecule has 1 N–H and O–H groups in total. The van der Waals surface area contributed by atoms with Gasteiger partial charge in [-0.1, -0.05) is 12.6 Å². The predicted molar refractivity (Wildman–Crippen MR) is 77.7 cm³/mol. The standard InChI is InChI=1S/C15H13N3O2/c1-10-6-8-18(15(20)16-10)13-9-17-7-4-3-5-12(17)11(2)14(13)19/h3-9H,1H2,2H3,(H,16,20). The lowest BCUT2D eigenvalue weighted by Gasteiger charge is -2.23. The van der Waals surface area contributed by atoms with Gasteiger partial charge in [0.15, 0.2) is 0 Å². The van der Waals surface area contributed by atoms with Gasteiger partial charge in [-0.05, 0) is 25.1 Å². The molecule has 0 unspecified atom stereocenters. The number of nitrogens with zero attached hydrogens (tertiary/aromatic N) is 2.